The van der Waals surface area contributed by atoms with Crippen LogP contribution in [-0.2, 0) is 31.0 Å². The molecular weight excluding hydrogens is 534 g/mol. The molecule has 3 aliphatic rings. The molecular formula is C27H25N7O5S. The van der Waals surface area contributed by atoms with Crippen LogP contribution in [0.1, 0.15) is 30.4 Å². The molecule has 2 heterocycles. The summed E-state index contributed by atoms with van der Waals surface area (Å²) < 4.78 is 36.1. The average Bonchev–Trinajstić information content (AvgIpc) is 3.44. The lowest BCUT2D eigenvalue weighted by Gasteiger charge is -2.68. The van der Waals surface area contributed by atoms with Crippen molar-refractivity contribution in [3.63, 3.8) is 0 Å². The molecule has 4 aromatic rings. The SMILES string of the molecule is Cc1ccc(S(=O)(=O)NC23CC(C(=O)C(=O)OCc4ccccc4)(C2)C3)cc1-c1cnc(N)c(-n2cncn2)n1. The summed E-state index contributed by atoms with van der Waals surface area (Å²) in [6.07, 6.45) is 5.00. The van der Waals surface area contributed by atoms with Gasteiger partial charge in [-0.2, -0.15) is 9.78 Å². The quantitative estimate of drug-likeness (QED) is 0.228. The van der Waals surface area contributed by atoms with Crippen molar-refractivity contribution in [1.29, 1.82) is 0 Å². The summed E-state index contributed by atoms with van der Waals surface area (Å²) in [5.74, 6) is -1.08. The number of nitrogens with one attached hydrogen (secondary N) is 1. The van der Waals surface area contributed by atoms with E-state index in [9.17, 15) is 18.0 Å². The van der Waals surface area contributed by atoms with Crippen LogP contribution >= 0.6 is 0 Å². The molecule has 40 heavy (non-hydrogen) atoms. The molecule has 12 nitrogen and oxygen atoms in total. The van der Waals surface area contributed by atoms with E-state index in [1.807, 2.05) is 25.1 Å². The number of hydrogen-bond donors (Lipinski definition) is 2. The first-order valence-corrected chi connectivity index (χ1v) is 14.0. The molecule has 7 rings (SSSR count). The lowest BCUT2D eigenvalue weighted by molar-refractivity contribution is -0.185. The van der Waals surface area contributed by atoms with Crippen molar-refractivity contribution in [1.82, 2.24) is 29.5 Å². The average molecular weight is 560 g/mol. The van der Waals surface area contributed by atoms with Gasteiger partial charge in [0.15, 0.2) is 11.6 Å². The normalized spacial score (nSPS) is 21.2. The van der Waals surface area contributed by atoms with Gasteiger partial charge in [0.05, 0.1) is 16.8 Å². The highest BCUT2D eigenvalue weighted by Crippen LogP contribution is 2.68. The number of nitrogens with zero attached hydrogens (tertiary/aromatic N) is 5. The zero-order valence-corrected chi connectivity index (χ0v) is 22.3. The van der Waals surface area contributed by atoms with E-state index in [1.54, 1.807) is 18.2 Å². The van der Waals surface area contributed by atoms with Crippen molar-refractivity contribution in [2.24, 2.45) is 5.41 Å². The van der Waals surface area contributed by atoms with E-state index < -0.39 is 32.7 Å². The van der Waals surface area contributed by atoms with Crippen molar-refractivity contribution in [2.75, 3.05) is 5.73 Å². The van der Waals surface area contributed by atoms with Crippen LogP contribution in [0.2, 0.25) is 0 Å². The van der Waals surface area contributed by atoms with Crippen molar-refractivity contribution < 1.29 is 22.7 Å². The molecule has 0 unspecified atom stereocenters. The number of ketones is 1. The molecule has 2 aromatic heterocycles. The molecule has 3 N–H and O–H groups in total. The van der Waals surface area contributed by atoms with E-state index in [2.05, 4.69) is 24.8 Å². The number of carbonyl (C=O) groups is 2. The van der Waals surface area contributed by atoms with Gasteiger partial charge in [-0.3, -0.25) is 4.79 Å². The summed E-state index contributed by atoms with van der Waals surface area (Å²) >= 11 is 0. The number of nitrogen functional groups attached to an aromatic ring is 1. The van der Waals surface area contributed by atoms with Crippen LogP contribution in [0.4, 0.5) is 5.82 Å². The van der Waals surface area contributed by atoms with Crippen molar-refractivity contribution >= 4 is 27.6 Å². The Kier molecular flexibility index (Phi) is 6.00. The predicted octanol–water partition coefficient (Wildman–Crippen LogP) is 2.13. The van der Waals surface area contributed by atoms with Crippen LogP contribution in [0.15, 0.2) is 72.3 Å². The monoisotopic (exact) mass is 559 g/mol. The molecule has 3 aliphatic carbocycles. The van der Waals surface area contributed by atoms with Gasteiger partial charge in [0.2, 0.25) is 15.8 Å². The number of Topliss-reactive ketones (excluding diaryl/α,β-unsaturated/α-hetero) is 1. The van der Waals surface area contributed by atoms with Gasteiger partial charge in [0, 0.05) is 16.5 Å². The Hall–Kier alpha value is -4.49. The Morgan fingerprint density at radius 2 is 1.88 bits per heavy atom. The first-order chi connectivity index (χ1) is 19.1. The summed E-state index contributed by atoms with van der Waals surface area (Å²) in [5, 5.41) is 4.04. The van der Waals surface area contributed by atoms with Gasteiger partial charge >= 0.3 is 5.97 Å². The maximum absolute atomic E-state index is 13.4. The Balaban J connectivity index is 1.15. The highest BCUT2D eigenvalue weighted by atomic mass is 32.2. The van der Waals surface area contributed by atoms with Crippen LogP contribution in [0.3, 0.4) is 0 Å². The second kappa shape index (κ2) is 9.31. The molecule has 13 heteroatoms. The molecule has 0 saturated heterocycles. The molecule has 0 aliphatic heterocycles. The van der Waals surface area contributed by atoms with Crippen LogP contribution in [0.5, 0.6) is 0 Å². The van der Waals surface area contributed by atoms with Gasteiger partial charge in [-0.05, 0) is 49.4 Å². The number of rotatable bonds is 9. The molecule has 204 valence electrons. The third-order valence-corrected chi connectivity index (χ3v) is 9.05. The van der Waals surface area contributed by atoms with Crippen molar-refractivity contribution in [3.05, 3.63) is 78.5 Å². The molecule has 2 aromatic carbocycles. The minimum absolute atomic E-state index is 0.00767. The Morgan fingerprint density at radius 1 is 1.12 bits per heavy atom. The fourth-order valence-electron chi connectivity index (χ4n) is 5.53. The molecule has 0 spiro atoms. The Morgan fingerprint density at radius 3 is 2.58 bits per heavy atom. The van der Waals surface area contributed by atoms with E-state index in [-0.39, 0.29) is 42.4 Å². The van der Waals surface area contributed by atoms with Crippen molar-refractivity contribution in [3.8, 4) is 17.1 Å². The Bertz CT molecular complexity index is 1720. The standard InChI is InChI=1S/C27H25N7O5S/c1-17-7-8-19(9-20(17)21-10-30-23(28)24(32-21)34-16-29-15-31-34)40(37,38)33-27-12-26(13-27,14-27)22(35)25(36)39-11-18-5-3-2-4-6-18/h2-10,15-16,33H,11-14H2,1H3,(H2,28,30). The maximum Gasteiger partial charge on any atom is 0.375 e. The number of sulfonamides is 1. The highest BCUT2D eigenvalue weighted by Gasteiger charge is 2.73. The number of esters is 1. The van der Waals surface area contributed by atoms with E-state index >= 15 is 0 Å². The van der Waals surface area contributed by atoms with E-state index in [0.29, 0.717) is 11.3 Å². The van der Waals surface area contributed by atoms with Crippen LogP contribution in [0.25, 0.3) is 17.1 Å². The van der Waals surface area contributed by atoms with Gasteiger partial charge in [-0.25, -0.2) is 32.9 Å². The number of aryl methyl sites for hydroxylation is 1. The Labute approximate surface area is 229 Å². The predicted molar refractivity (Wildman–Crippen MR) is 142 cm³/mol. The molecule has 2 bridgehead atoms. The smallest absolute Gasteiger partial charge is 0.375 e. The van der Waals surface area contributed by atoms with Crippen molar-refractivity contribution in [2.45, 2.75) is 43.2 Å². The largest absolute Gasteiger partial charge is 0.455 e. The summed E-state index contributed by atoms with van der Waals surface area (Å²) in [7, 11) is -3.95. The second-order valence-electron chi connectivity index (χ2n) is 10.4. The van der Waals surface area contributed by atoms with E-state index in [4.69, 9.17) is 10.5 Å². The summed E-state index contributed by atoms with van der Waals surface area (Å²) in [4.78, 5) is 37.8. The minimum atomic E-state index is -3.95. The fourth-order valence-corrected chi connectivity index (χ4v) is 6.96. The number of benzene rings is 2. The lowest BCUT2D eigenvalue weighted by atomic mass is 9.38. The number of nitrogens with two attached hydrogens (primary N) is 1. The third kappa shape index (κ3) is 4.42. The van der Waals surface area contributed by atoms with E-state index in [1.165, 1.54) is 35.7 Å². The van der Waals surface area contributed by atoms with E-state index in [0.717, 1.165) is 11.1 Å². The summed E-state index contributed by atoms with van der Waals surface area (Å²) in [6.45, 7) is 1.84. The molecule has 3 fully saturated rings. The number of anilines is 1. The topological polar surface area (TPSA) is 172 Å². The van der Waals surface area contributed by atoms with Gasteiger partial charge in [-0.1, -0.05) is 36.4 Å². The number of carbonyl (C=O) groups excluding carboxylic acids is 2. The zero-order chi connectivity index (χ0) is 28.1. The maximum atomic E-state index is 13.4. The van der Waals surface area contributed by atoms with Gasteiger partial charge in [0.1, 0.15) is 19.3 Å². The fraction of sp³-hybridized carbons (Fsp3) is 0.259. The lowest BCUT2D eigenvalue weighted by Crippen LogP contribution is -2.77. The van der Waals surface area contributed by atoms with Gasteiger partial charge in [0.25, 0.3) is 0 Å². The number of aromatic nitrogens is 5. The summed E-state index contributed by atoms with van der Waals surface area (Å²) in [6, 6.07) is 13.8. The second-order valence-corrected chi connectivity index (χ2v) is 12.1. The molecule has 3 saturated carbocycles. The molecule has 0 radical (unpaired) electrons. The van der Waals surface area contributed by atoms with Gasteiger partial charge < -0.3 is 10.5 Å². The summed E-state index contributed by atoms with van der Waals surface area (Å²) in [5.41, 5.74) is 6.87. The number of ether oxygens (including phenoxy) is 1. The van der Waals surface area contributed by atoms with Crippen LogP contribution < -0.4 is 10.5 Å². The molecule has 0 atom stereocenters. The van der Waals surface area contributed by atoms with Crippen LogP contribution in [0, 0.1) is 12.3 Å². The highest BCUT2D eigenvalue weighted by molar-refractivity contribution is 7.89. The van der Waals surface area contributed by atoms with Gasteiger partial charge in [-0.15, -0.1) is 0 Å². The first kappa shape index (κ1) is 25.8. The third-order valence-electron chi connectivity index (χ3n) is 7.47. The first-order valence-electron chi connectivity index (χ1n) is 12.5. The van der Waals surface area contributed by atoms with Crippen LogP contribution in [-0.4, -0.2) is 50.4 Å². The molecule has 0 amide bonds. The zero-order valence-electron chi connectivity index (χ0n) is 21.4. The minimum Gasteiger partial charge on any atom is -0.455 e. The number of hydrogen-bond acceptors (Lipinski definition) is 10.